The second kappa shape index (κ2) is 6.21. The Morgan fingerprint density at radius 3 is 2.48 bits per heavy atom. The molecule has 1 N–H and O–H groups in total. The summed E-state index contributed by atoms with van der Waals surface area (Å²) in [6.45, 7) is 2.10. The minimum absolute atomic E-state index is 0.0152. The Labute approximate surface area is 123 Å². The quantitative estimate of drug-likeness (QED) is 0.674. The van der Waals surface area contributed by atoms with Gasteiger partial charge in [-0.2, -0.15) is 0 Å². The van der Waals surface area contributed by atoms with Gasteiger partial charge in [0.15, 0.2) is 0 Å². The van der Waals surface area contributed by atoms with Crippen LogP contribution in [0.25, 0.3) is 0 Å². The maximum absolute atomic E-state index is 11.0. The van der Waals surface area contributed by atoms with Crippen LogP contribution in [0.3, 0.4) is 0 Å². The standard InChI is InChI=1S/C15H18N4O2/c1-4-11-5-7-12(8-6-11)18(3)15-10-13(19(20)21)9-14(16-2)17-15/h5-10H,4H2,1-3H3,(H,16,17). The van der Waals surface area contributed by atoms with Gasteiger partial charge < -0.3 is 10.2 Å². The third kappa shape index (κ3) is 3.28. The molecule has 0 aliphatic rings. The topological polar surface area (TPSA) is 71.3 Å². The van der Waals surface area contributed by atoms with Crippen LogP contribution in [0.2, 0.25) is 0 Å². The summed E-state index contributed by atoms with van der Waals surface area (Å²) in [6.07, 6.45) is 0.975. The highest BCUT2D eigenvalue weighted by Gasteiger charge is 2.14. The molecule has 110 valence electrons. The van der Waals surface area contributed by atoms with Gasteiger partial charge in [0.05, 0.1) is 17.1 Å². The zero-order chi connectivity index (χ0) is 15.4. The number of benzene rings is 1. The molecule has 0 unspecified atom stereocenters. The van der Waals surface area contributed by atoms with E-state index in [1.165, 1.54) is 17.7 Å². The maximum Gasteiger partial charge on any atom is 0.276 e. The largest absolute Gasteiger partial charge is 0.373 e. The van der Waals surface area contributed by atoms with E-state index in [9.17, 15) is 10.1 Å². The van der Waals surface area contributed by atoms with E-state index >= 15 is 0 Å². The summed E-state index contributed by atoms with van der Waals surface area (Å²) in [5.41, 5.74) is 2.19. The van der Waals surface area contributed by atoms with Gasteiger partial charge in [0.2, 0.25) is 0 Å². The molecule has 0 aliphatic carbocycles. The lowest BCUT2D eigenvalue weighted by Crippen LogP contribution is -2.12. The lowest BCUT2D eigenvalue weighted by Gasteiger charge is -2.19. The Balaban J connectivity index is 2.38. The van der Waals surface area contributed by atoms with Crippen LogP contribution < -0.4 is 10.2 Å². The highest BCUT2D eigenvalue weighted by atomic mass is 16.6. The highest BCUT2D eigenvalue weighted by Crippen LogP contribution is 2.27. The second-order valence-corrected chi connectivity index (χ2v) is 4.65. The number of hydrogen-bond donors (Lipinski definition) is 1. The predicted molar refractivity (Wildman–Crippen MR) is 84.3 cm³/mol. The molecule has 0 saturated heterocycles. The molecule has 6 heteroatoms. The molecule has 1 aromatic carbocycles. The number of aryl methyl sites for hydroxylation is 1. The van der Waals surface area contributed by atoms with Crippen LogP contribution in [-0.4, -0.2) is 24.0 Å². The first-order valence-corrected chi connectivity index (χ1v) is 6.72. The first kappa shape index (κ1) is 14.8. The van der Waals surface area contributed by atoms with E-state index in [0.717, 1.165) is 12.1 Å². The molecule has 6 nitrogen and oxygen atoms in total. The summed E-state index contributed by atoms with van der Waals surface area (Å²) >= 11 is 0. The van der Waals surface area contributed by atoms with Gasteiger partial charge in [-0.15, -0.1) is 0 Å². The van der Waals surface area contributed by atoms with E-state index in [0.29, 0.717) is 11.6 Å². The van der Waals surface area contributed by atoms with Crippen LogP contribution >= 0.6 is 0 Å². The average molecular weight is 286 g/mol. The van der Waals surface area contributed by atoms with Crippen LogP contribution in [-0.2, 0) is 6.42 Å². The fourth-order valence-corrected chi connectivity index (χ4v) is 1.99. The van der Waals surface area contributed by atoms with Gasteiger partial charge in [-0.25, -0.2) is 4.98 Å². The van der Waals surface area contributed by atoms with Crippen molar-refractivity contribution in [3.8, 4) is 0 Å². The molecule has 2 aromatic rings. The minimum Gasteiger partial charge on any atom is -0.373 e. The summed E-state index contributed by atoms with van der Waals surface area (Å²) in [7, 11) is 3.53. The van der Waals surface area contributed by atoms with Crippen LogP contribution in [0, 0.1) is 10.1 Å². The van der Waals surface area contributed by atoms with E-state index in [1.54, 1.807) is 7.05 Å². The van der Waals surface area contributed by atoms with Crippen molar-refractivity contribution in [3.63, 3.8) is 0 Å². The second-order valence-electron chi connectivity index (χ2n) is 4.65. The van der Waals surface area contributed by atoms with E-state index in [4.69, 9.17) is 0 Å². The van der Waals surface area contributed by atoms with Crippen molar-refractivity contribution in [3.05, 3.63) is 52.1 Å². The summed E-state index contributed by atoms with van der Waals surface area (Å²) in [5, 5.41) is 13.8. The number of nitro groups is 1. The Morgan fingerprint density at radius 1 is 1.29 bits per heavy atom. The van der Waals surface area contributed by atoms with Crippen molar-refractivity contribution in [1.29, 1.82) is 0 Å². The zero-order valence-electron chi connectivity index (χ0n) is 12.3. The molecule has 0 aliphatic heterocycles. The van der Waals surface area contributed by atoms with Crippen LogP contribution in [0.15, 0.2) is 36.4 Å². The number of rotatable bonds is 5. The van der Waals surface area contributed by atoms with E-state index < -0.39 is 4.92 Å². The van der Waals surface area contributed by atoms with Crippen molar-refractivity contribution in [2.45, 2.75) is 13.3 Å². The molecule has 0 saturated carbocycles. The molecule has 0 amide bonds. The Hall–Kier alpha value is -2.63. The summed E-state index contributed by atoms with van der Waals surface area (Å²) in [6, 6.07) is 10.9. The third-order valence-electron chi connectivity index (χ3n) is 3.34. The van der Waals surface area contributed by atoms with Crippen molar-refractivity contribution >= 4 is 23.0 Å². The number of nitrogens with zero attached hydrogens (tertiary/aromatic N) is 3. The van der Waals surface area contributed by atoms with Crippen molar-refractivity contribution in [2.24, 2.45) is 0 Å². The van der Waals surface area contributed by atoms with E-state index in [2.05, 4.69) is 17.2 Å². The molecule has 0 bridgehead atoms. The van der Waals surface area contributed by atoms with E-state index in [1.807, 2.05) is 36.2 Å². The van der Waals surface area contributed by atoms with Gasteiger partial charge in [-0.3, -0.25) is 10.1 Å². The zero-order valence-corrected chi connectivity index (χ0v) is 12.3. The van der Waals surface area contributed by atoms with Crippen LogP contribution in [0.1, 0.15) is 12.5 Å². The molecule has 0 atom stereocenters. The molecule has 2 rings (SSSR count). The molecule has 1 heterocycles. The minimum atomic E-state index is -0.417. The van der Waals surface area contributed by atoms with Crippen molar-refractivity contribution in [2.75, 3.05) is 24.3 Å². The number of nitrogens with one attached hydrogen (secondary N) is 1. The molecule has 21 heavy (non-hydrogen) atoms. The first-order chi connectivity index (χ1) is 10.0. The number of pyridine rings is 1. The monoisotopic (exact) mass is 286 g/mol. The average Bonchev–Trinajstić information content (AvgIpc) is 2.53. The van der Waals surface area contributed by atoms with Gasteiger partial charge >= 0.3 is 0 Å². The Morgan fingerprint density at radius 2 is 1.95 bits per heavy atom. The number of anilines is 3. The number of hydrogen-bond acceptors (Lipinski definition) is 5. The van der Waals surface area contributed by atoms with Crippen molar-refractivity contribution < 1.29 is 4.92 Å². The van der Waals surface area contributed by atoms with E-state index in [-0.39, 0.29) is 5.69 Å². The molecular weight excluding hydrogens is 268 g/mol. The van der Waals surface area contributed by atoms with Gasteiger partial charge in [-0.1, -0.05) is 19.1 Å². The molecule has 0 spiro atoms. The summed E-state index contributed by atoms with van der Waals surface area (Å²) < 4.78 is 0. The van der Waals surface area contributed by atoms with Gasteiger partial charge in [0.1, 0.15) is 11.6 Å². The maximum atomic E-state index is 11.0. The fourth-order valence-electron chi connectivity index (χ4n) is 1.99. The van der Waals surface area contributed by atoms with Crippen molar-refractivity contribution in [1.82, 2.24) is 4.98 Å². The molecule has 0 radical (unpaired) electrons. The molecular formula is C15H18N4O2. The highest BCUT2D eigenvalue weighted by molar-refractivity contribution is 5.64. The normalized spacial score (nSPS) is 10.2. The molecule has 1 aromatic heterocycles. The lowest BCUT2D eigenvalue weighted by atomic mass is 10.1. The fraction of sp³-hybridized carbons (Fsp3) is 0.267. The van der Waals surface area contributed by atoms with Crippen LogP contribution in [0.4, 0.5) is 23.0 Å². The summed E-state index contributed by atoms with van der Waals surface area (Å²) in [5.74, 6) is 0.994. The summed E-state index contributed by atoms with van der Waals surface area (Å²) in [4.78, 5) is 16.8. The molecule has 0 fully saturated rings. The number of aromatic nitrogens is 1. The smallest absolute Gasteiger partial charge is 0.276 e. The van der Waals surface area contributed by atoms with Gasteiger partial charge in [0.25, 0.3) is 5.69 Å². The Bertz CT molecular complexity index is 641. The third-order valence-corrected chi connectivity index (χ3v) is 3.34. The van der Waals surface area contributed by atoms with Gasteiger partial charge in [-0.05, 0) is 24.1 Å². The predicted octanol–water partition coefficient (Wildman–Crippen LogP) is 3.36. The first-order valence-electron chi connectivity index (χ1n) is 6.72. The SMILES string of the molecule is CCc1ccc(N(C)c2cc([N+](=O)[O-])cc(NC)n2)cc1. The van der Waals surface area contributed by atoms with Gasteiger partial charge in [0, 0.05) is 19.8 Å². The van der Waals surface area contributed by atoms with Crippen LogP contribution in [0.5, 0.6) is 0 Å². The Kier molecular flexibility index (Phi) is 4.37. The lowest BCUT2D eigenvalue weighted by molar-refractivity contribution is -0.384.